The lowest BCUT2D eigenvalue weighted by atomic mass is 10.1. The Morgan fingerprint density at radius 2 is 2.18 bits per heavy atom. The van der Waals surface area contributed by atoms with Crippen molar-refractivity contribution in [3.8, 4) is 0 Å². The van der Waals surface area contributed by atoms with E-state index in [4.69, 9.17) is 4.42 Å². The molecule has 1 aromatic heterocycles. The van der Waals surface area contributed by atoms with Crippen LogP contribution in [0, 0.1) is 0 Å². The predicted octanol–water partition coefficient (Wildman–Crippen LogP) is 1.92. The molecule has 17 heavy (non-hydrogen) atoms. The van der Waals surface area contributed by atoms with Gasteiger partial charge in [0, 0.05) is 18.6 Å². The van der Waals surface area contributed by atoms with E-state index >= 15 is 0 Å². The number of oxazole rings is 1. The zero-order valence-corrected chi connectivity index (χ0v) is 10.6. The number of likely N-dealkylation sites (N-methyl/N-ethyl adjacent to an activating group) is 1. The van der Waals surface area contributed by atoms with E-state index in [0.717, 1.165) is 24.2 Å². The molecular formula is C13H19N3O. The molecule has 0 fully saturated rings. The van der Waals surface area contributed by atoms with Gasteiger partial charge in [-0.1, -0.05) is 6.07 Å². The van der Waals surface area contributed by atoms with Crippen LogP contribution in [0.2, 0.25) is 0 Å². The van der Waals surface area contributed by atoms with Crippen molar-refractivity contribution in [1.82, 2.24) is 15.6 Å². The quantitative estimate of drug-likeness (QED) is 0.828. The Labute approximate surface area is 101 Å². The highest BCUT2D eigenvalue weighted by Gasteiger charge is 2.15. The number of nitrogens with zero attached hydrogens (tertiary/aromatic N) is 1. The zero-order chi connectivity index (χ0) is 12.3. The predicted molar refractivity (Wildman–Crippen MR) is 68.9 cm³/mol. The van der Waals surface area contributed by atoms with Crippen molar-refractivity contribution < 1.29 is 4.42 Å². The van der Waals surface area contributed by atoms with Crippen LogP contribution in [0.1, 0.15) is 19.4 Å². The van der Waals surface area contributed by atoms with Gasteiger partial charge in [0.2, 0.25) is 0 Å². The van der Waals surface area contributed by atoms with Gasteiger partial charge >= 0.3 is 0 Å². The van der Waals surface area contributed by atoms with Crippen molar-refractivity contribution in [1.29, 1.82) is 0 Å². The number of rotatable bonds is 5. The van der Waals surface area contributed by atoms with Gasteiger partial charge in [-0.2, -0.15) is 0 Å². The fraction of sp³-hybridized carbons (Fsp3) is 0.462. The molecule has 0 atom stereocenters. The van der Waals surface area contributed by atoms with Crippen molar-refractivity contribution in [3.63, 3.8) is 0 Å². The maximum Gasteiger partial charge on any atom is 0.181 e. The second kappa shape index (κ2) is 4.85. The number of hydrogen-bond acceptors (Lipinski definition) is 4. The summed E-state index contributed by atoms with van der Waals surface area (Å²) in [6.07, 6.45) is 1.48. The molecule has 0 radical (unpaired) electrons. The molecule has 92 valence electrons. The second-order valence-corrected chi connectivity index (χ2v) is 4.92. The van der Waals surface area contributed by atoms with Crippen molar-refractivity contribution in [2.45, 2.75) is 25.9 Å². The van der Waals surface area contributed by atoms with E-state index < -0.39 is 0 Å². The Balaban J connectivity index is 2.03. The molecule has 0 aliphatic heterocycles. The second-order valence-electron chi connectivity index (χ2n) is 4.92. The lowest BCUT2D eigenvalue weighted by molar-refractivity contribution is 0.374. The summed E-state index contributed by atoms with van der Waals surface area (Å²) in [5.74, 6) is 0. The normalized spacial score (nSPS) is 12.2. The van der Waals surface area contributed by atoms with E-state index in [2.05, 4.69) is 35.5 Å². The van der Waals surface area contributed by atoms with Gasteiger partial charge in [-0.3, -0.25) is 0 Å². The van der Waals surface area contributed by atoms with Crippen molar-refractivity contribution >= 4 is 11.1 Å². The summed E-state index contributed by atoms with van der Waals surface area (Å²) in [5.41, 5.74) is 3.03. The fourth-order valence-corrected chi connectivity index (χ4v) is 1.86. The molecule has 2 aromatic rings. The average Bonchev–Trinajstić information content (AvgIpc) is 2.73. The summed E-state index contributed by atoms with van der Waals surface area (Å²) < 4.78 is 5.29. The third kappa shape index (κ3) is 3.05. The van der Waals surface area contributed by atoms with Gasteiger partial charge in [-0.05, 0) is 38.6 Å². The highest BCUT2D eigenvalue weighted by atomic mass is 16.3. The van der Waals surface area contributed by atoms with Crippen molar-refractivity contribution in [2.75, 3.05) is 13.6 Å². The molecule has 0 bridgehead atoms. The average molecular weight is 233 g/mol. The number of benzene rings is 1. The lowest BCUT2D eigenvalue weighted by Gasteiger charge is -2.26. The van der Waals surface area contributed by atoms with E-state index in [1.165, 1.54) is 12.0 Å². The first-order valence-corrected chi connectivity index (χ1v) is 5.82. The van der Waals surface area contributed by atoms with Gasteiger partial charge in [0.15, 0.2) is 12.0 Å². The number of aromatic nitrogens is 1. The van der Waals surface area contributed by atoms with Crippen molar-refractivity contribution in [3.05, 3.63) is 30.2 Å². The fourth-order valence-electron chi connectivity index (χ4n) is 1.86. The molecule has 1 heterocycles. The summed E-state index contributed by atoms with van der Waals surface area (Å²) in [5, 5.41) is 6.69. The Hall–Kier alpha value is -1.39. The molecule has 2 rings (SSSR count). The smallest absolute Gasteiger partial charge is 0.181 e. The molecule has 4 nitrogen and oxygen atoms in total. The SMILES string of the molecule is CNCC(C)(C)NCc1ccc2ncoc2c1. The van der Waals surface area contributed by atoms with Crippen LogP contribution in [0.5, 0.6) is 0 Å². The lowest BCUT2D eigenvalue weighted by Crippen LogP contribution is -2.46. The van der Waals surface area contributed by atoms with Crippen LogP contribution >= 0.6 is 0 Å². The monoisotopic (exact) mass is 233 g/mol. The van der Waals surface area contributed by atoms with Crippen LogP contribution < -0.4 is 10.6 Å². The van der Waals surface area contributed by atoms with Gasteiger partial charge in [-0.15, -0.1) is 0 Å². The first kappa shape index (κ1) is 12.1. The van der Waals surface area contributed by atoms with Crippen LogP contribution in [0.15, 0.2) is 29.0 Å². The first-order chi connectivity index (χ1) is 8.11. The van der Waals surface area contributed by atoms with Gasteiger partial charge < -0.3 is 15.1 Å². The standard InChI is InChI=1S/C13H19N3O/c1-13(2,8-14-3)16-7-10-4-5-11-12(6-10)17-9-15-11/h4-6,9,14,16H,7-8H2,1-3H3. The van der Waals surface area contributed by atoms with E-state index in [9.17, 15) is 0 Å². The third-order valence-corrected chi connectivity index (χ3v) is 2.79. The third-order valence-electron chi connectivity index (χ3n) is 2.79. The van der Waals surface area contributed by atoms with Gasteiger partial charge in [-0.25, -0.2) is 4.98 Å². The van der Waals surface area contributed by atoms with Crippen LogP contribution in [-0.4, -0.2) is 24.1 Å². The number of hydrogen-bond donors (Lipinski definition) is 2. The van der Waals surface area contributed by atoms with Gasteiger partial charge in [0.1, 0.15) is 5.52 Å². The molecular weight excluding hydrogens is 214 g/mol. The van der Waals surface area contributed by atoms with E-state index in [-0.39, 0.29) is 5.54 Å². The molecule has 0 amide bonds. The molecule has 0 saturated carbocycles. The Morgan fingerprint density at radius 3 is 2.94 bits per heavy atom. The minimum absolute atomic E-state index is 0.0745. The molecule has 0 spiro atoms. The van der Waals surface area contributed by atoms with E-state index in [1.807, 2.05) is 19.2 Å². The summed E-state index contributed by atoms with van der Waals surface area (Å²) in [6, 6.07) is 6.10. The summed E-state index contributed by atoms with van der Waals surface area (Å²) in [6.45, 7) is 6.11. The Bertz CT molecular complexity index is 490. The highest BCUT2D eigenvalue weighted by molar-refractivity contribution is 5.72. The Kier molecular flexibility index (Phi) is 3.45. The molecule has 0 aliphatic rings. The maximum atomic E-state index is 5.29. The number of nitrogens with one attached hydrogen (secondary N) is 2. The first-order valence-electron chi connectivity index (χ1n) is 5.82. The summed E-state index contributed by atoms with van der Waals surface area (Å²) in [7, 11) is 1.96. The zero-order valence-electron chi connectivity index (χ0n) is 10.6. The van der Waals surface area contributed by atoms with Crippen LogP contribution in [-0.2, 0) is 6.54 Å². The summed E-state index contributed by atoms with van der Waals surface area (Å²) >= 11 is 0. The topological polar surface area (TPSA) is 50.1 Å². The molecule has 4 heteroatoms. The van der Waals surface area contributed by atoms with Crippen LogP contribution in [0.4, 0.5) is 0 Å². The minimum atomic E-state index is 0.0745. The summed E-state index contributed by atoms with van der Waals surface area (Å²) in [4.78, 5) is 4.10. The van der Waals surface area contributed by atoms with Crippen LogP contribution in [0.25, 0.3) is 11.1 Å². The molecule has 0 aliphatic carbocycles. The van der Waals surface area contributed by atoms with E-state index in [1.54, 1.807) is 0 Å². The maximum absolute atomic E-state index is 5.29. The highest BCUT2D eigenvalue weighted by Crippen LogP contribution is 2.14. The van der Waals surface area contributed by atoms with Crippen LogP contribution in [0.3, 0.4) is 0 Å². The molecule has 0 unspecified atom stereocenters. The largest absolute Gasteiger partial charge is 0.443 e. The van der Waals surface area contributed by atoms with Gasteiger partial charge in [0.25, 0.3) is 0 Å². The Morgan fingerprint density at radius 1 is 1.35 bits per heavy atom. The number of fused-ring (bicyclic) bond motifs is 1. The van der Waals surface area contributed by atoms with E-state index in [0.29, 0.717) is 0 Å². The minimum Gasteiger partial charge on any atom is -0.443 e. The van der Waals surface area contributed by atoms with Gasteiger partial charge in [0.05, 0.1) is 0 Å². The molecule has 2 N–H and O–H groups in total. The molecule has 0 saturated heterocycles. The molecule has 1 aromatic carbocycles. The van der Waals surface area contributed by atoms with Crippen molar-refractivity contribution in [2.24, 2.45) is 0 Å².